The van der Waals surface area contributed by atoms with E-state index in [9.17, 15) is 4.79 Å². The Hall–Kier alpha value is -2.95. The predicted octanol–water partition coefficient (Wildman–Crippen LogP) is 2.92. The van der Waals surface area contributed by atoms with Gasteiger partial charge in [-0.05, 0) is 11.5 Å². The van der Waals surface area contributed by atoms with Gasteiger partial charge in [0.15, 0.2) is 0 Å². The van der Waals surface area contributed by atoms with Gasteiger partial charge in [0.2, 0.25) is 0 Å². The molecule has 0 aliphatic rings. The Bertz CT molecular complexity index is 778. The summed E-state index contributed by atoms with van der Waals surface area (Å²) >= 11 is 0. The minimum absolute atomic E-state index is 0.276. The van der Waals surface area contributed by atoms with Gasteiger partial charge < -0.3 is 10.6 Å². The number of amides is 1. The number of carbonyl (C=O) groups is 1. The molecule has 0 bridgehead atoms. The normalized spacial score (nSPS) is 10.3. The maximum Gasteiger partial charge on any atom is 0.275 e. The molecule has 2 aromatic carbocycles. The number of nitrogens with zero attached hydrogens (tertiary/aromatic N) is 2. The number of carbonyl (C=O) groups excluding carboxylic acids is 1. The van der Waals surface area contributed by atoms with Gasteiger partial charge in [0.25, 0.3) is 5.91 Å². The molecule has 0 aliphatic heterocycles. The van der Waals surface area contributed by atoms with E-state index in [-0.39, 0.29) is 11.6 Å². The van der Waals surface area contributed by atoms with Gasteiger partial charge in [-0.3, -0.25) is 4.79 Å². The van der Waals surface area contributed by atoms with Crippen molar-refractivity contribution in [1.82, 2.24) is 9.97 Å². The molecule has 5 heteroatoms. The third kappa shape index (κ3) is 2.67. The lowest BCUT2D eigenvalue weighted by Gasteiger charge is -2.08. The lowest BCUT2D eigenvalue weighted by Crippen LogP contribution is -2.14. The molecule has 104 valence electrons. The van der Waals surface area contributed by atoms with E-state index in [1.165, 1.54) is 12.4 Å². The molecule has 0 saturated carbocycles. The van der Waals surface area contributed by atoms with Crippen LogP contribution in [0.3, 0.4) is 0 Å². The third-order valence-electron chi connectivity index (χ3n) is 3.18. The summed E-state index contributed by atoms with van der Waals surface area (Å²) in [5, 5.41) is 7.81. The highest BCUT2D eigenvalue weighted by atomic mass is 16.1. The van der Waals surface area contributed by atoms with E-state index in [0.29, 0.717) is 5.82 Å². The molecule has 0 saturated heterocycles. The van der Waals surface area contributed by atoms with Gasteiger partial charge in [-0.15, -0.1) is 0 Å². The van der Waals surface area contributed by atoms with Crippen LogP contribution in [0.4, 0.5) is 11.5 Å². The summed E-state index contributed by atoms with van der Waals surface area (Å²) in [5.74, 6) is 0.346. The molecule has 1 aromatic heterocycles. The van der Waals surface area contributed by atoms with Gasteiger partial charge in [-0.2, -0.15) is 0 Å². The van der Waals surface area contributed by atoms with E-state index in [2.05, 4.69) is 20.6 Å². The van der Waals surface area contributed by atoms with Crippen molar-refractivity contribution in [1.29, 1.82) is 0 Å². The maximum absolute atomic E-state index is 12.2. The van der Waals surface area contributed by atoms with Crippen molar-refractivity contribution >= 4 is 28.2 Å². The van der Waals surface area contributed by atoms with Crippen LogP contribution in [0.2, 0.25) is 0 Å². The Morgan fingerprint density at radius 3 is 2.57 bits per heavy atom. The van der Waals surface area contributed by atoms with E-state index >= 15 is 0 Å². The van der Waals surface area contributed by atoms with Crippen LogP contribution < -0.4 is 10.6 Å². The van der Waals surface area contributed by atoms with E-state index in [1.807, 2.05) is 42.5 Å². The molecule has 3 rings (SSSR count). The highest BCUT2D eigenvalue weighted by Crippen LogP contribution is 2.23. The number of fused-ring (bicyclic) bond motifs is 1. The number of anilines is 2. The standard InChI is InChI=1S/C16H14N4O/c1-17-15-10-18-14(9-19-15)16(21)20-13-8-4-6-11-5-2-3-7-12(11)13/h2-10H,1H3,(H,17,19)(H,20,21). The molecule has 0 radical (unpaired) electrons. The Morgan fingerprint density at radius 2 is 1.81 bits per heavy atom. The highest BCUT2D eigenvalue weighted by Gasteiger charge is 2.10. The average molecular weight is 278 g/mol. The molecule has 0 fully saturated rings. The fourth-order valence-electron chi connectivity index (χ4n) is 2.10. The molecule has 1 heterocycles. The summed E-state index contributed by atoms with van der Waals surface area (Å²) in [6, 6.07) is 13.7. The number of aromatic nitrogens is 2. The molecule has 2 N–H and O–H groups in total. The lowest BCUT2D eigenvalue weighted by atomic mass is 10.1. The SMILES string of the molecule is CNc1cnc(C(=O)Nc2cccc3ccccc23)cn1. The second-order valence-corrected chi connectivity index (χ2v) is 4.52. The van der Waals surface area contributed by atoms with Crippen molar-refractivity contribution in [3.05, 3.63) is 60.6 Å². The smallest absolute Gasteiger partial charge is 0.275 e. The summed E-state index contributed by atoms with van der Waals surface area (Å²) < 4.78 is 0. The van der Waals surface area contributed by atoms with Crippen LogP contribution in [0, 0.1) is 0 Å². The Balaban J connectivity index is 1.89. The Morgan fingerprint density at radius 1 is 1.00 bits per heavy atom. The van der Waals surface area contributed by atoms with Crippen molar-refractivity contribution in [3.63, 3.8) is 0 Å². The molecule has 5 nitrogen and oxygen atoms in total. The Kier molecular flexibility index (Phi) is 3.47. The molecule has 21 heavy (non-hydrogen) atoms. The van der Waals surface area contributed by atoms with Gasteiger partial charge in [-0.25, -0.2) is 9.97 Å². The molecule has 1 amide bonds. The van der Waals surface area contributed by atoms with Crippen LogP contribution in [-0.2, 0) is 0 Å². The fraction of sp³-hybridized carbons (Fsp3) is 0.0625. The number of benzene rings is 2. The molecule has 0 spiro atoms. The first-order chi connectivity index (χ1) is 10.3. The van der Waals surface area contributed by atoms with Crippen molar-refractivity contribution in [2.24, 2.45) is 0 Å². The second kappa shape index (κ2) is 5.58. The quantitative estimate of drug-likeness (QED) is 0.773. The van der Waals surface area contributed by atoms with Crippen LogP contribution >= 0.6 is 0 Å². The topological polar surface area (TPSA) is 66.9 Å². The van der Waals surface area contributed by atoms with Crippen LogP contribution in [0.5, 0.6) is 0 Å². The van der Waals surface area contributed by atoms with Gasteiger partial charge in [0.05, 0.1) is 12.4 Å². The minimum Gasteiger partial charge on any atom is -0.372 e. The summed E-state index contributed by atoms with van der Waals surface area (Å²) in [4.78, 5) is 20.4. The average Bonchev–Trinajstić information content (AvgIpc) is 2.55. The van der Waals surface area contributed by atoms with E-state index in [1.54, 1.807) is 7.05 Å². The number of hydrogen-bond acceptors (Lipinski definition) is 4. The van der Waals surface area contributed by atoms with Gasteiger partial charge >= 0.3 is 0 Å². The predicted molar refractivity (Wildman–Crippen MR) is 83.5 cm³/mol. The van der Waals surface area contributed by atoms with Crippen molar-refractivity contribution < 1.29 is 4.79 Å². The number of rotatable bonds is 3. The molecule has 3 aromatic rings. The summed E-state index contributed by atoms with van der Waals surface area (Å²) in [5.41, 5.74) is 1.04. The second-order valence-electron chi connectivity index (χ2n) is 4.52. The van der Waals surface area contributed by atoms with Gasteiger partial charge in [0.1, 0.15) is 11.5 Å². The molecular weight excluding hydrogens is 264 g/mol. The van der Waals surface area contributed by atoms with Crippen LogP contribution in [0.15, 0.2) is 54.9 Å². The fourth-order valence-corrected chi connectivity index (χ4v) is 2.10. The van der Waals surface area contributed by atoms with Crippen molar-refractivity contribution in [3.8, 4) is 0 Å². The van der Waals surface area contributed by atoms with Crippen LogP contribution in [0.1, 0.15) is 10.5 Å². The molecule has 0 unspecified atom stereocenters. The number of hydrogen-bond donors (Lipinski definition) is 2. The zero-order chi connectivity index (χ0) is 14.7. The largest absolute Gasteiger partial charge is 0.372 e. The zero-order valence-corrected chi connectivity index (χ0v) is 11.5. The van der Waals surface area contributed by atoms with Crippen LogP contribution in [-0.4, -0.2) is 22.9 Å². The summed E-state index contributed by atoms with van der Waals surface area (Å²) in [7, 11) is 1.75. The van der Waals surface area contributed by atoms with Gasteiger partial charge in [-0.1, -0.05) is 36.4 Å². The maximum atomic E-state index is 12.2. The molecule has 0 aliphatic carbocycles. The van der Waals surface area contributed by atoms with Crippen molar-refractivity contribution in [2.45, 2.75) is 0 Å². The third-order valence-corrected chi connectivity index (χ3v) is 3.18. The first-order valence-corrected chi connectivity index (χ1v) is 6.57. The minimum atomic E-state index is -0.276. The molecule has 0 atom stereocenters. The Labute approximate surface area is 122 Å². The first kappa shape index (κ1) is 13.1. The monoisotopic (exact) mass is 278 g/mol. The lowest BCUT2D eigenvalue weighted by molar-refractivity contribution is 0.102. The summed E-state index contributed by atoms with van der Waals surface area (Å²) in [6.45, 7) is 0. The highest BCUT2D eigenvalue weighted by molar-refractivity contribution is 6.08. The van der Waals surface area contributed by atoms with Crippen LogP contribution in [0.25, 0.3) is 10.8 Å². The number of nitrogens with one attached hydrogen (secondary N) is 2. The first-order valence-electron chi connectivity index (χ1n) is 6.57. The summed E-state index contributed by atoms with van der Waals surface area (Å²) in [6.07, 6.45) is 2.98. The van der Waals surface area contributed by atoms with E-state index in [0.717, 1.165) is 16.5 Å². The van der Waals surface area contributed by atoms with E-state index < -0.39 is 0 Å². The molecular formula is C16H14N4O. The van der Waals surface area contributed by atoms with Gasteiger partial charge in [0, 0.05) is 18.1 Å². The zero-order valence-electron chi connectivity index (χ0n) is 11.5. The van der Waals surface area contributed by atoms with E-state index in [4.69, 9.17) is 0 Å². The van der Waals surface area contributed by atoms with Crippen molar-refractivity contribution in [2.75, 3.05) is 17.7 Å².